The molecule has 4 aromatic heterocycles. The van der Waals surface area contributed by atoms with Gasteiger partial charge in [0.1, 0.15) is 0 Å². The molecule has 6 heterocycles. The molecule has 2 atom stereocenters. The topological polar surface area (TPSA) is 145 Å². The maximum absolute atomic E-state index is 5.16. The predicted octanol–water partition coefficient (Wildman–Crippen LogP) is 3.39. The van der Waals surface area contributed by atoms with Crippen LogP contribution in [0.3, 0.4) is 0 Å². The summed E-state index contributed by atoms with van der Waals surface area (Å²) in [4.78, 5) is 32.5. The maximum Gasteiger partial charge on any atom is 0.246 e. The molecule has 0 saturated heterocycles. The molecule has 41 heavy (non-hydrogen) atoms. The number of nitrogens with zero attached hydrogens (tertiary/aromatic N) is 7. The SMILES string of the molecule is Cn1c(NC2=NC3(c4ccccn4)N=C(Nc4nc5ccccc5[nH]4)NC3(c3ccccn3)N2)nc2ccccc21. The summed E-state index contributed by atoms with van der Waals surface area (Å²) in [7, 11) is 1.96. The first kappa shape index (κ1) is 23.1. The number of aromatic nitrogens is 6. The van der Waals surface area contributed by atoms with Crippen LogP contribution in [0, 0.1) is 0 Å². The lowest BCUT2D eigenvalue weighted by Crippen LogP contribution is -2.61. The molecular formula is C29H24N12. The van der Waals surface area contributed by atoms with E-state index in [-0.39, 0.29) is 0 Å². The number of guanidine groups is 2. The zero-order chi connectivity index (χ0) is 27.4. The lowest BCUT2D eigenvalue weighted by atomic mass is 9.88. The van der Waals surface area contributed by atoms with Crippen LogP contribution in [-0.2, 0) is 18.4 Å². The van der Waals surface area contributed by atoms with E-state index in [4.69, 9.17) is 24.9 Å². The van der Waals surface area contributed by atoms with E-state index in [0.717, 1.165) is 22.1 Å². The van der Waals surface area contributed by atoms with Crippen molar-refractivity contribution in [2.75, 3.05) is 10.6 Å². The second-order valence-corrected chi connectivity index (χ2v) is 9.86. The molecular weight excluding hydrogens is 516 g/mol. The summed E-state index contributed by atoms with van der Waals surface area (Å²) in [6.45, 7) is 0. The van der Waals surface area contributed by atoms with Crippen LogP contribution in [-0.4, -0.2) is 41.4 Å². The summed E-state index contributed by atoms with van der Waals surface area (Å²) in [5, 5.41) is 13.8. The fourth-order valence-corrected chi connectivity index (χ4v) is 5.51. The molecule has 2 aliphatic rings. The highest BCUT2D eigenvalue weighted by Gasteiger charge is 2.65. The van der Waals surface area contributed by atoms with Crippen LogP contribution < -0.4 is 21.3 Å². The van der Waals surface area contributed by atoms with Crippen LogP contribution in [0.1, 0.15) is 11.4 Å². The molecule has 0 amide bonds. The second kappa shape index (κ2) is 8.61. The summed E-state index contributed by atoms with van der Waals surface area (Å²) < 4.78 is 1.99. The van der Waals surface area contributed by atoms with E-state index in [2.05, 4.69) is 31.2 Å². The Morgan fingerprint density at radius 1 is 0.683 bits per heavy atom. The Labute approximate surface area is 233 Å². The number of aryl methyl sites for hydroxylation is 1. The molecule has 2 aliphatic heterocycles. The summed E-state index contributed by atoms with van der Waals surface area (Å²) in [6, 6.07) is 27.3. The van der Waals surface area contributed by atoms with Gasteiger partial charge in [0.05, 0.1) is 33.5 Å². The highest BCUT2D eigenvalue weighted by atomic mass is 15.5. The maximum atomic E-state index is 5.16. The van der Waals surface area contributed by atoms with Gasteiger partial charge in [-0.2, -0.15) is 0 Å². The zero-order valence-electron chi connectivity index (χ0n) is 21.9. The van der Waals surface area contributed by atoms with Crippen LogP contribution in [0.15, 0.2) is 107 Å². The molecule has 8 rings (SSSR count). The standard InChI is InChI=1S/C29H24N12/c1-41-21-13-5-4-12-20(21)34-27(41)36-26-39-28(22-14-6-8-16-30-22)29(40-26,23-15-7-9-17-31-23)38-25(37-28)35-24-32-18-10-2-3-11-19(18)33-24/h2-17H,1H3,(H2,34,36,39,40)(H3,32,33,35,37,38). The Hall–Kier alpha value is -5.78. The summed E-state index contributed by atoms with van der Waals surface area (Å²) in [5.74, 6) is 2.11. The number of aliphatic imine (C=N–C) groups is 2. The summed E-state index contributed by atoms with van der Waals surface area (Å²) >= 11 is 0. The molecule has 200 valence electrons. The first-order valence-corrected chi connectivity index (χ1v) is 13.1. The summed E-state index contributed by atoms with van der Waals surface area (Å²) in [5.41, 5.74) is 2.57. The van der Waals surface area contributed by atoms with Crippen molar-refractivity contribution in [2.24, 2.45) is 17.0 Å². The normalized spacial score (nSPS) is 21.2. The van der Waals surface area contributed by atoms with Crippen molar-refractivity contribution in [3.63, 3.8) is 0 Å². The van der Waals surface area contributed by atoms with E-state index >= 15 is 0 Å². The van der Waals surface area contributed by atoms with Gasteiger partial charge in [-0.3, -0.25) is 20.6 Å². The van der Waals surface area contributed by atoms with Gasteiger partial charge in [0.2, 0.25) is 35.1 Å². The molecule has 0 bridgehead atoms. The van der Waals surface area contributed by atoms with Crippen molar-refractivity contribution >= 4 is 45.9 Å². The number of fused-ring (bicyclic) bond motifs is 3. The van der Waals surface area contributed by atoms with E-state index in [1.807, 2.05) is 96.5 Å². The van der Waals surface area contributed by atoms with Gasteiger partial charge < -0.3 is 20.2 Å². The lowest BCUT2D eigenvalue weighted by Gasteiger charge is -2.35. The molecule has 5 N–H and O–H groups in total. The third-order valence-electron chi connectivity index (χ3n) is 7.40. The highest BCUT2D eigenvalue weighted by Crippen LogP contribution is 2.48. The molecule has 0 saturated carbocycles. The van der Waals surface area contributed by atoms with Crippen molar-refractivity contribution in [3.05, 3.63) is 109 Å². The number of rotatable bonds is 4. The molecule has 12 heteroatoms. The third-order valence-corrected chi connectivity index (χ3v) is 7.40. The van der Waals surface area contributed by atoms with Gasteiger partial charge in [0.15, 0.2) is 0 Å². The molecule has 0 fully saturated rings. The van der Waals surface area contributed by atoms with E-state index in [9.17, 15) is 0 Å². The molecule has 12 nitrogen and oxygen atoms in total. The smallest absolute Gasteiger partial charge is 0.246 e. The van der Waals surface area contributed by atoms with Gasteiger partial charge in [-0.15, -0.1) is 0 Å². The minimum Gasteiger partial charge on any atom is -0.324 e. The van der Waals surface area contributed by atoms with E-state index in [1.54, 1.807) is 12.4 Å². The Balaban J connectivity index is 1.27. The van der Waals surface area contributed by atoms with E-state index in [1.165, 1.54) is 0 Å². The van der Waals surface area contributed by atoms with Crippen LogP contribution in [0.2, 0.25) is 0 Å². The monoisotopic (exact) mass is 540 g/mol. The lowest BCUT2D eigenvalue weighted by molar-refractivity contribution is 0.222. The van der Waals surface area contributed by atoms with Crippen LogP contribution >= 0.6 is 0 Å². The first-order valence-electron chi connectivity index (χ1n) is 13.1. The van der Waals surface area contributed by atoms with Gasteiger partial charge in [-0.1, -0.05) is 36.4 Å². The minimum absolute atomic E-state index is 0.457. The number of hydrogen-bond donors (Lipinski definition) is 5. The molecule has 2 aromatic carbocycles. The number of anilines is 2. The van der Waals surface area contributed by atoms with Crippen molar-refractivity contribution in [1.82, 2.24) is 40.1 Å². The molecule has 2 unspecified atom stereocenters. The Morgan fingerprint density at radius 2 is 1.34 bits per heavy atom. The average molecular weight is 541 g/mol. The minimum atomic E-state index is -1.26. The van der Waals surface area contributed by atoms with E-state index in [0.29, 0.717) is 35.2 Å². The van der Waals surface area contributed by atoms with Gasteiger partial charge in [-0.25, -0.2) is 20.0 Å². The Kier molecular flexibility index (Phi) is 4.86. The predicted molar refractivity (Wildman–Crippen MR) is 157 cm³/mol. The highest BCUT2D eigenvalue weighted by molar-refractivity contribution is 6.01. The molecule has 0 radical (unpaired) electrons. The molecule has 6 aromatic rings. The fourth-order valence-electron chi connectivity index (χ4n) is 5.51. The van der Waals surface area contributed by atoms with E-state index < -0.39 is 11.3 Å². The molecule has 0 aliphatic carbocycles. The third kappa shape index (κ3) is 3.47. The van der Waals surface area contributed by atoms with Crippen molar-refractivity contribution in [1.29, 1.82) is 0 Å². The van der Waals surface area contributed by atoms with Gasteiger partial charge in [-0.05, 0) is 48.5 Å². The van der Waals surface area contributed by atoms with Crippen molar-refractivity contribution in [2.45, 2.75) is 11.3 Å². The Morgan fingerprint density at radius 3 is 2.05 bits per heavy atom. The van der Waals surface area contributed by atoms with Crippen molar-refractivity contribution in [3.8, 4) is 0 Å². The first-order chi connectivity index (χ1) is 20.1. The molecule has 0 spiro atoms. The van der Waals surface area contributed by atoms with Gasteiger partial charge in [0.25, 0.3) is 0 Å². The van der Waals surface area contributed by atoms with Crippen molar-refractivity contribution < 1.29 is 0 Å². The largest absolute Gasteiger partial charge is 0.324 e. The fraction of sp³-hybridized carbons (Fsp3) is 0.103. The zero-order valence-corrected chi connectivity index (χ0v) is 21.9. The number of H-pyrrole nitrogens is 1. The quantitative estimate of drug-likeness (QED) is 0.229. The Bertz CT molecular complexity index is 1940. The van der Waals surface area contributed by atoms with Crippen LogP contribution in [0.4, 0.5) is 11.9 Å². The number of aromatic amines is 1. The van der Waals surface area contributed by atoms with Crippen LogP contribution in [0.25, 0.3) is 22.1 Å². The van der Waals surface area contributed by atoms with Gasteiger partial charge >= 0.3 is 0 Å². The van der Waals surface area contributed by atoms with Crippen LogP contribution in [0.5, 0.6) is 0 Å². The second-order valence-electron chi connectivity index (χ2n) is 9.86. The summed E-state index contributed by atoms with van der Waals surface area (Å²) in [6.07, 6.45) is 3.48. The average Bonchev–Trinajstić information content (AvgIpc) is 3.73. The number of imidazole rings is 2. The number of nitrogens with one attached hydrogen (secondary N) is 5. The number of benzene rings is 2. The number of pyridine rings is 2. The van der Waals surface area contributed by atoms with Gasteiger partial charge in [0, 0.05) is 19.4 Å². The number of hydrogen-bond acceptors (Lipinski definition) is 10. The number of para-hydroxylation sites is 4.